The number of benzene rings is 1. The van der Waals surface area contributed by atoms with E-state index in [4.69, 9.17) is 9.47 Å². The summed E-state index contributed by atoms with van der Waals surface area (Å²) in [5.41, 5.74) is 0.126. The smallest absolute Gasteiger partial charge is 0.298 e. The average Bonchev–Trinajstić information content (AvgIpc) is 2.28. The summed E-state index contributed by atoms with van der Waals surface area (Å²) in [6.45, 7) is 1.68. The summed E-state index contributed by atoms with van der Waals surface area (Å²) in [6.07, 6.45) is 1.48. The van der Waals surface area contributed by atoms with Crippen LogP contribution in [0.3, 0.4) is 0 Å². The van der Waals surface area contributed by atoms with Crippen LogP contribution in [-0.4, -0.2) is 25.4 Å². The van der Waals surface area contributed by atoms with Gasteiger partial charge in [-0.25, -0.2) is 0 Å². The number of methoxy groups -OCH3 is 2. The third kappa shape index (κ3) is 2.28. The highest BCUT2D eigenvalue weighted by Crippen LogP contribution is 2.38. The molecule has 0 aliphatic rings. The largest absolute Gasteiger partial charge is 0.493 e. The molecule has 0 radical (unpaired) electrons. The van der Waals surface area contributed by atoms with Gasteiger partial charge in [-0.3, -0.25) is 15.1 Å². The van der Waals surface area contributed by atoms with Gasteiger partial charge in [0.25, 0.3) is 5.69 Å². The van der Waals surface area contributed by atoms with Crippen LogP contribution in [0.5, 0.6) is 11.5 Å². The number of hydrogen-bond acceptors (Lipinski definition) is 5. The van der Waals surface area contributed by atoms with Gasteiger partial charge in [-0.2, -0.15) is 0 Å². The van der Waals surface area contributed by atoms with E-state index in [1.807, 2.05) is 0 Å². The Morgan fingerprint density at radius 3 is 2.31 bits per heavy atom. The normalized spacial score (nSPS) is 10.4. The lowest BCUT2D eigenvalue weighted by atomic mass is 10.2. The van der Waals surface area contributed by atoms with Crippen molar-refractivity contribution in [2.24, 2.45) is 4.99 Å². The summed E-state index contributed by atoms with van der Waals surface area (Å²) in [5, 5.41) is 10.8. The standard InChI is InChI=1S/C10H12N2O4/c1-4-11-7-5-9(15-2)10(16-3)6-8(7)12(13)14/h4-6H,1-3H3. The van der Waals surface area contributed by atoms with Crippen LogP contribution in [0.2, 0.25) is 0 Å². The molecule has 0 bridgehead atoms. The molecule has 16 heavy (non-hydrogen) atoms. The van der Waals surface area contributed by atoms with Gasteiger partial charge in [0.2, 0.25) is 0 Å². The fourth-order valence-corrected chi connectivity index (χ4v) is 1.25. The lowest BCUT2D eigenvalue weighted by molar-refractivity contribution is -0.384. The first-order valence-corrected chi connectivity index (χ1v) is 4.53. The zero-order valence-electron chi connectivity index (χ0n) is 9.26. The molecule has 0 saturated heterocycles. The Morgan fingerprint density at radius 1 is 1.31 bits per heavy atom. The van der Waals surface area contributed by atoms with Crippen molar-refractivity contribution in [2.75, 3.05) is 14.2 Å². The third-order valence-corrected chi connectivity index (χ3v) is 1.95. The van der Waals surface area contributed by atoms with Gasteiger partial charge >= 0.3 is 0 Å². The second-order valence-corrected chi connectivity index (χ2v) is 2.84. The quantitative estimate of drug-likeness (QED) is 0.447. The molecule has 1 aromatic carbocycles. The highest BCUT2D eigenvalue weighted by atomic mass is 16.6. The zero-order valence-corrected chi connectivity index (χ0v) is 9.26. The van der Waals surface area contributed by atoms with Crippen molar-refractivity contribution >= 4 is 17.6 Å². The summed E-state index contributed by atoms with van der Waals surface area (Å²) in [6, 6.07) is 2.76. The zero-order chi connectivity index (χ0) is 12.1. The van der Waals surface area contributed by atoms with Gasteiger partial charge in [-0.15, -0.1) is 0 Å². The van der Waals surface area contributed by atoms with Gasteiger partial charge in [0.05, 0.1) is 25.2 Å². The first kappa shape index (κ1) is 12.0. The minimum absolute atomic E-state index is 0.115. The van der Waals surface area contributed by atoms with E-state index in [-0.39, 0.29) is 11.4 Å². The van der Waals surface area contributed by atoms with Crippen LogP contribution in [0, 0.1) is 10.1 Å². The maximum Gasteiger partial charge on any atom is 0.298 e. The van der Waals surface area contributed by atoms with Crippen molar-refractivity contribution in [1.29, 1.82) is 0 Å². The number of aliphatic imine (C=N–C) groups is 1. The minimum atomic E-state index is -0.510. The summed E-state index contributed by atoms with van der Waals surface area (Å²) in [5.74, 6) is 0.720. The molecule has 0 unspecified atom stereocenters. The maximum atomic E-state index is 10.8. The predicted molar refractivity (Wildman–Crippen MR) is 60.0 cm³/mol. The Balaban J connectivity index is 3.41. The van der Waals surface area contributed by atoms with Crippen molar-refractivity contribution in [2.45, 2.75) is 6.92 Å². The molecule has 0 atom stereocenters. The number of hydrogen-bond donors (Lipinski definition) is 0. The molecule has 0 amide bonds. The number of nitro groups is 1. The second kappa shape index (κ2) is 5.11. The molecule has 86 valence electrons. The van der Waals surface area contributed by atoms with E-state index in [9.17, 15) is 10.1 Å². The van der Waals surface area contributed by atoms with Crippen LogP contribution >= 0.6 is 0 Å². The SMILES string of the molecule is CC=Nc1cc(OC)c(OC)cc1[N+](=O)[O-]. The van der Waals surface area contributed by atoms with Gasteiger partial charge in [-0.1, -0.05) is 0 Å². The first-order chi connectivity index (χ1) is 7.63. The van der Waals surface area contributed by atoms with Gasteiger partial charge in [-0.05, 0) is 6.92 Å². The van der Waals surface area contributed by atoms with Crippen LogP contribution in [-0.2, 0) is 0 Å². The number of ether oxygens (including phenoxy) is 2. The highest BCUT2D eigenvalue weighted by molar-refractivity contribution is 5.71. The number of rotatable bonds is 4. The van der Waals surface area contributed by atoms with Crippen LogP contribution < -0.4 is 9.47 Å². The topological polar surface area (TPSA) is 74.0 Å². The molecule has 0 saturated carbocycles. The van der Waals surface area contributed by atoms with E-state index in [0.29, 0.717) is 11.5 Å². The fraction of sp³-hybridized carbons (Fsp3) is 0.300. The summed E-state index contributed by atoms with van der Waals surface area (Å²) < 4.78 is 10.0. The maximum absolute atomic E-state index is 10.8. The first-order valence-electron chi connectivity index (χ1n) is 4.53. The van der Waals surface area contributed by atoms with E-state index in [1.54, 1.807) is 6.92 Å². The monoisotopic (exact) mass is 224 g/mol. The van der Waals surface area contributed by atoms with Crippen molar-refractivity contribution in [3.63, 3.8) is 0 Å². The molecule has 1 aromatic rings. The summed E-state index contributed by atoms with van der Waals surface area (Å²) in [4.78, 5) is 14.2. The van der Waals surface area contributed by atoms with E-state index in [2.05, 4.69) is 4.99 Å². The van der Waals surface area contributed by atoms with Gasteiger partial charge in [0, 0.05) is 12.3 Å². The molecule has 0 aliphatic heterocycles. The van der Waals surface area contributed by atoms with Crippen LogP contribution in [0.15, 0.2) is 17.1 Å². The van der Waals surface area contributed by atoms with Crippen molar-refractivity contribution in [3.05, 3.63) is 22.2 Å². The molecular formula is C10H12N2O4. The third-order valence-electron chi connectivity index (χ3n) is 1.95. The van der Waals surface area contributed by atoms with Gasteiger partial charge in [0.1, 0.15) is 5.69 Å². The fourth-order valence-electron chi connectivity index (χ4n) is 1.25. The Morgan fingerprint density at radius 2 is 1.88 bits per heavy atom. The Kier molecular flexibility index (Phi) is 3.82. The van der Waals surface area contributed by atoms with E-state index >= 15 is 0 Å². The predicted octanol–water partition coefficient (Wildman–Crippen LogP) is 2.33. The van der Waals surface area contributed by atoms with Gasteiger partial charge < -0.3 is 9.47 Å². The molecule has 6 nitrogen and oxygen atoms in total. The van der Waals surface area contributed by atoms with E-state index < -0.39 is 4.92 Å². The van der Waals surface area contributed by atoms with Gasteiger partial charge in [0.15, 0.2) is 11.5 Å². The molecule has 0 spiro atoms. The van der Waals surface area contributed by atoms with Crippen molar-refractivity contribution < 1.29 is 14.4 Å². The lowest BCUT2D eigenvalue weighted by Gasteiger charge is -2.08. The van der Waals surface area contributed by atoms with Crippen LogP contribution in [0.4, 0.5) is 11.4 Å². The van der Waals surface area contributed by atoms with E-state index in [0.717, 1.165) is 0 Å². The lowest BCUT2D eigenvalue weighted by Crippen LogP contribution is -1.94. The minimum Gasteiger partial charge on any atom is -0.493 e. The highest BCUT2D eigenvalue weighted by Gasteiger charge is 2.18. The second-order valence-electron chi connectivity index (χ2n) is 2.84. The average molecular weight is 224 g/mol. The number of nitro benzene ring substituents is 1. The Bertz CT molecular complexity index is 429. The van der Waals surface area contributed by atoms with Crippen LogP contribution in [0.1, 0.15) is 6.92 Å². The molecule has 0 aliphatic carbocycles. The van der Waals surface area contributed by atoms with Crippen molar-refractivity contribution in [1.82, 2.24) is 0 Å². The number of nitrogens with zero attached hydrogens (tertiary/aromatic N) is 2. The molecular weight excluding hydrogens is 212 g/mol. The van der Waals surface area contributed by atoms with E-state index in [1.165, 1.54) is 32.6 Å². The molecule has 0 N–H and O–H groups in total. The Labute approximate surface area is 92.7 Å². The van der Waals surface area contributed by atoms with Crippen molar-refractivity contribution in [3.8, 4) is 11.5 Å². The Hall–Kier alpha value is -2.11. The van der Waals surface area contributed by atoms with Crippen LogP contribution in [0.25, 0.3) is 0 Å². The summed E-state index contributed by atoms with van der Waals surface area (Å²) in [7, 11) is 2.88. The summed E-state index contributed by atoms with van der Waals surface area (Å²) >= 11 is 0. The molecule has 0 aromatic heterocycles. The molecule has 0 fully saturated rings. The molecule has 0 heterocycles. The molecule has 6 heteroatoms. The molecule has 1 rings (SSSR count).